The predicted molar refractivity (Wildman–Crippen MR) is 61.6 cm³/mol. The molecule has 0 bridgehead atoms. The molecule has 0 aromatic heterocycles. The Balaban J connectivity index is 2.07. The Morgan fingerprint density at radius 1 is 1.35 bits per heavy atom. The van der Waals surface area contributed by atoms with Crippen molar-refractivity contribution in [3.8, 4) is 0 Å². The van der Waals surface area contributed by atoms with Gasteiger partial charge in [0, 0.05) is 19.5 Å². The van der Waals surface area contributed by atoms with Crippen LogP contribution in [-0.4, -0.2) is 41.4 Å². The minimum Gasteiger partial charge on any atom is -0.479 e. The molecule has 1 aliphatic rings. The van der Waals surface area contributed by atoms with E-state index in [1.165, 1.54) is 0 Å². The first-order valence-corrected chi connectivity index (χ1v) is 5.92. The van der Waals surface area contributed by atoms with Gasteiger partial charge in [0.2, 0.25) is 0 Å². The molecule has 6 heteroatoms. The van der Waals surface area contributed by atoms with E-state index in [1.54, 1.807) is 0 Å². The fraction of sp³-hybridized carbons (Fsp3) is 0.818. The van der Waals surface area contributed by atoms with E-state index in [0.717, 1.165) is 19.3 Å². The third kappa shape index (κ3) is 4.60. The summed E-state index contributed by atoms with van der Waals surface area (Å²) in [6, 6.07) is -0.303. The van der Waals surface area contributed by atoms with Crippen LogP contribution in [-0.2, 0) is 4.79 Å². The number of carboxylic acids is 1. The van der Waals surface area contributed by atoms with Crippen molar-refractivity contribution in [2.75, 3.05) is 13.1 Å². The number of amides is 2. The van der Waals surface area contributed by atoms with E-state index >= 15 is 0 Å². The van der Waals surface area contributed by atoms with Crippen LogP contribution in [0.4, 0.5) is 4.79 Å². The molecule has 17 heavy (non-hydrogen) atoms. The van der Waals surface area contributed by atoms with E-state index < -0.39 is 12.1 Å². The molecule has 1 unspecified atom stereocenters. The highest BCUT2D eigenvalue weighted by molar-refractivity contribution is 5.74. The molecule has 0 radical (unpaired) electrons. The summed E-state index contributed by atoms with van der Waals surface area (Å²) in [5, 5.41) is 22.7. The summed E-state index contributed by atoms with van der Waals surface area (Å²) < 4.78 is 0. The molecule has 6 nitrogen and oxygen atoms in total. The Hall–Kier alpha value is -1.30. The molecule has 0 aromatic carbocycles. The highest BCUT2D eigenvalue weighted by Crippen LogP contribution is 2.47. The summed E-state index contributed by atoms with van der Waals surface area (Å²) >= 11 is 0. The lowest BCUT2D eigenvalue weighted by Gasteiger charge is -2.14. The summed E-state index contributed by atoms with van der Waals surface area (Å²) in [7, 11) is 0. The number of carbonyl (C=O) groups excluding carboxylic acids is 1. The lowest BCUT2D eigenvalue weighted by molar-refractivity contribution is -0.146. The van der Waals surface area contributed by atoms with Gasteiger partial charge in [-0.2, -0.15) is 0 Å². The van der Waals surface area contributed by atoms with E-state index in [9.17, 15) is 9.59 Å². The van der Waals surface area contributed by atoms with Crippen molar-refractivity contribution in [1.82, 2.24) is 10.6 Å². The molecule has 1 atom stereocenters. The monoisotopic (exact) mass is 244 g/mol. The van der Waals surface area contributed by atoms with Gasteiger partial charge in [0.05, 0.1) is 0 Å². The average Bonchev–Trinajstić information content (AvgIpc) is 3.07. The SMILES string of the molecule is CCC1(CNC(=O)NCCC(O)C(=O)O)CC1. The van der Waals surface area contributed by atoms with Crippen LogP contribution in [0.1, 0.15) is 32.6 Å². The zero-order chi connectivity index (χ0) is 12.9. The molecule has 1 fully saturated rings. The predicted octanol–water partition coefficient (Wildman–Crippen LogP) is 0.311. The second-order valence-electron chi connectivity index (χ2n) is 4.61. The fourth-order valence-electron chi connectivity index (χ4n) is 1.61. The maximum atomic E-state index is 11.3. The maximum absolute atomic E-state index is 11.3. The number of aliphatic carboxylic acids is 1. The Morgan fingerprint density at radius 3 is 2.47 bits per heavy atom. The fourth-order valence-corrected chi connectivity index (χ4v) is 1.61. The third-order valence-electron chi connectivity index (χ3n) is 3.32. The number of carbonyl (C=O) groups is 2. The van der Waals surface area contributed by atoms with Crippen molar-refractivity contribution < 1.29 is 19.8 Å². The van der Waals surface area contributed by atoms with Gasteiger partial charge in [-0.15, -0.1) is 0 Å². The normalized spacial score (nSPS) is 18.2. The number of nitrogens with one attached hydrogen (secondary N) is 2. The molecule has 0 aliphatic heterocycles. The van der Waals surface area contributed by atoms with Gasteiger partial charge in [-0.25, -0.2) is 9.59 Å². The molecule has 0 spiro atoms. The maximum Gasteiger partial charge on any atom is 0.332 e. The van der Waals surface area contributed by atoms with Crippen LogP contribution in [0.15, 0.2) is 0 Å². The van der Waals surface area contributed by atoms with Crippen LogP contribution in [0.3, 0.4) is 0 Å². The van der Waals surface area contributed by atoms with Gasteiger partial charge in [0.1, 0.15) is 0 Å². The number of aliphatic hydroxyl groups is 1. The highest BCUT2D eigenvalue weighted by atomic mass is 16.4. The summed E-state index contributed by atoms with van der Waals surface area (Å²) in [5.41, 5.74) is 0.290. The second kappa shape index (κ2) is 5.86. The van der Waals surface area contributed by atoms with Crippen LogP contribution < -0.4 is 10.6 Å². The summed E-state index contributed by atoms with van der Waals surface area (Å²) in [4.78, 5) is 21.6. The molecule has 1 aliphatic carbocycles. The lowest BCUT2D eigenvalue weighted by Crippen LogP contribution is -2.40. The van der Waals surface area contributed by atoms with Crippen molar-refractivity contribution in [2.45, 2.75) is 38.7 Å². The van der Waals surface area contributed by atoms with E-state index in [4.69, 9.17) is 10.2 Å². The molecule has 4 N–H and O–H groups in total. The second-order valence-corrected chi connectivity index (χ2v) is 4.61. The van der Waals surface area contributed by atoms with Crippen LogP contribution in [0.25, 0.3) is 0 Å². The molecular weight excluding hydrogens is 224 g/mol. The minimum absolute atomic E-state index is 0.0155. The van der Waals surface area contributed by atoms with Crippen molar-refractivity contribution in [3.63, 3.8) is 0 Å². The molecule has 0 aromatic rings. The van der Waals surface area contributed by atoms with Gasteiger partial charge in [0.15, 0.2) is 6.10 Å². The first kappa shape index (κ1) is 13.8. The smallest absolute Gasteiger partial charge is 0.332 e. The first-order valence-electron chi connectivity index (χ1n) is 5.92. The Kier molecular flexibility index (Phi) is 4.74. The van der Waals surface area contributed by atoms with E-state index in [-0.39, 0.29) is 24.4 Å². The van der Waals surface area contributed by atoms with Crippen molar-refractivity contribution >= 4 is 12.0 Å². The molecule has 1 saturated carbocycles. The highest BCUT2D eigenvalue weighted by Gasteiger charge is 2.40. The van der Waals surface area contributed by atoms with Gasteiger partial charge in [-0.1, -0.05) is 6.92 Å². The third-order valence-corrected chi connectivity index (χ3v) is 3.32. The van der Waals surface area contributed by atoms with Gasteiger partial charge in [-0.05, 0) is 24.7 Å². The number of rotatable bonds is 7. The average molecular weight is 244 g/mol. The molecule has 2 amide bonds. The minimum atomic E-state index is -1.42. The molecule has 0 heterocycles. The largest absolute Gasteiger partial charge is 0.479 e. The van der Waals surface area contributed by atoms with Gasteiger partial charge < -0.3 is 20.8 Å². The van der Waals surface area contributed by atoms with Gasteiger partial charge in [0.25, 0.3) is 0 Å². The Labute approximate surface area is 100 Å². The quantitative estimate of drug-likeness (QED) is 0.518. The molecule has 98 valence electrons. The number of hydrogen-bond acceptors (Lipinski definition) is 3. The number of aliphatic hydroxyl groups excluding tert-OH is 1. The zero-order valence-electron chi connectivity index (χ0n) is 10.0. The summed E-state index contributed by atoms with van der Waals surface area (Å²) in [6.07, 6.45) is 1.97. The zero-order valence-corrected chi connectivity index (χ0v) is 10.0. The first-order chi connectivity index (χ1) is 7.99. The molecule has 0 saturated heterocycles. The number of urea groups is 1. The molecular formula is C11H20N2O4. The van der Waals surface area contributed by atoms with Crippen LogP contribution in [0.5, 0.6) is 0 Å². The number of carboxylic acid groups (broad SMARTS) is 1. The van der Waals surface area contributed by atoms with Gasteiger partial charge in [-0.3, -0.25) is 0 Å². The summed E-state index contributed by atoms with van der Waals surface area (Å²) in [5.74, 6) is -1.27. The van der Waals surface area contributed by atoms with Crippen molar-refractivity contribution in [3.05, 3.63) is 0 Å². The van der Waals surface area contributed by atoms with Crippen LogP contribution in [0.2, 0.25) is 0 Å². The Bertz CT molecular complexity index is 289. The standard InChI is InChI=1S/C11H20N2O4/c1-2-11(4-5-11)7-13-10(17)12-6-3-8(14)9(15)16/h8,14H,2-7H2,1H3,(H,15,16)(H2,12,13,17). The van der Waals surface area contributed by atoms with Crippen molar-refractivity contribution in [1.29, 1.82) is 0 Å². The topological polar surface area (TPSA) is 98.7 Å². The lowest BCUT2D eigenvalue weighted by atomic mass is 10.0. The van der Waals surface area contributed by atoms with Crippen LogP contribution >= 0.6 is 0 Å². The van der Waals surface area contributed by atoms with E-state index in [2.05, 4.69) is 17.6 Å². The van der Waals surface area contributed by atoms with Gasteiger partial charge >= 0.3 is 12.0 Å². The number of hydrogen-bond donors (Lipinski definition) is 4. The summed E-state index contributed by atoms with van der Waals surface area (Å²) in [6.45, 7) is 2.92. The van der Waals surface area contributed by atoms with Crippen molar-refractivity contribution in [2.24, 2.45) is 5.41 Å². The van der Waals surface area contributed by atoms with Crippen LogP contribution in [0, 0.1) is 5.41 Å². The Morgan fingerprint density at radius 2 is 2.00 bits per heavy atom. The van der Waals surface area contributed by atoms with E-state index in [0.29, 0.717) is 6.54 Å². The molecule has 1 rings (SSSR count). The van der Waals surface area contributed by atoms with E-state index in [1.807, 2.05) is 0 Å².